The van der Waals surface area contributed by atoms with Gasteiger partial charge in [-0.1, -0.05) is 30.3 Å². The van der Waals surface area contributed by atoms with Crippen molar-refractivity contribution >= 4 is 11.0 Å². The van der Waals surface area contributed by atoms with Crippen LogP contribution in [0.3, 0.4) is 0 Å². The summed E-state index contributed by atoms with van der Waals surface area (Å²) in [6, 6.07) is 24.8. The van der Waals surface area contributed by atoms with Gasteiger partial charge in [-0.05, 0) is 59.2 Å². The number of piperazine rings is 1. The lowest BCUT2D eigenvalue weighted by molar-refractivity contribution is 0.116. The average molecular weight is 426 g/mol. The molecule has 32 heavy (non-hydrogen) atoms. The van der Waals surface area contributed by atoms with Gasteiger partial charge in [-0.25, -0.2) is 4.39 Å². The molecule has 1 fully saturated rings. The number of hydrogen-bond acceptors (Lipinski definition) is 4. The van der Waals surface area contributed by atoms with Gasteiger partial charge in [0.15, 0.2) is 0 Å². The molecule has 4 aromatic rings. The Morgan fingerprint density at radius 3 is 2.34 bits per heavy atom. The van der Waals surface area contributed by atoms with E-state index in [2.05, 4.69) is 34.1 Å². The molecular formula is C27H24FN3O. The van der Waals surface area contributed by atoms with Crippen molar-refractivity contribution < 1.29 is 8.81 Å². The maximum Gasteiger partial charge on any atom is 0.134 e. The van der Waals surface area contributed by atoms with Crippen LogP contribution in [0.15, 0.2) is 77.2 Å². The molecule has 0 saturated carbocycles. The lowest BCUT2D eigenvalue weighted by atomic mass is 10.0. The van der Waals surface area contributed by atoms with Gasteiger partial charge in [0.2, 0.25) is 0 Å². The molecule has 0 radical (unpaired) electrons. The number of halogens is 1. The van der Waals surface area contributed by atoms with Crippen LogP contribution in [0.25, 0.3) is 22.1 Å². The SMILES string of the molecule is N#Cc1cccc(CN2CCN(Cc3cc4cc(-c5cccc(F)c5)ccc4o3)CC2)c1. The number of nitriles is 1. The Morgan fingerprint density at radius 1 is 0.812 bits per heavy atom. The quantitative estimate of drug-likeness (QED) is 0.428. The molecule has 1 aliphatic rings. The van der Waals surface area contributed by atoms with Crippen LogP contribution in [0.4, 0.5) is 4.39 Å². The molecule has 4 nitrogen and oxygen atoms in total. The van der Waals surface area contributed by atoms with Gasteiger partial charge in [-0.2, -0.15) is 5.26 Å². The van der Waals surface area contributed by atoms with Crippen molar-refractivity contribution in [2.45, 2.75) is 13.1 Å². The van der Waals surface area contributed by atoms with E-state index >= 15 is 0 Å². The number of furan rings is 1. The molecule has 0 unspecified atom stereocenters. The first-order valence-electron chi connectivity index (χ1n) is 10.9. The molecule has 0 atom stereocenters. The molecule has 2 heterocycles. The van der Waals surface area contributed by atoms with E-state index in [4.69, 9.17) is 9.68 Å². The van der Waals surface area contributed by atoms with E-state index in [1.807, 2.05) is 36.4 Å². The van der Waals surface area contributed by atoms with Gasteiger partial charge in [0.05, 0.1) is 18.2 Å². The van der Waals surface area contributed by atoms with Gasteiger partial charge in [-0.15, -0.1) is 0 Å². The Balaban J connectivity index is 1.21. The molecule has 3 aromatic carbocycles. The predicted octanol–water partition coefficient (Wildman–Crippen LogP) is 5.43. The molecule has 1 aliphatic heterocycles. The Hall–Kier alpha value is -3.46. The third-order valence-electron chi connectivity index (χ3n) is 6.03. The minimum atomic E-state index is -0.229. The molecule has 5 rings (SSSR count). The zero-order valence-electron chi connectivity index (χ0n) is 17.8. The maximum atomic E-state index is 13.6. The Kier molecular flexibility index (Phi) is 5.72. The molecule has 1 aromatic heterocycles. The second-order valence-electron chi connectivity index (χ2n) is 8.34. The van der Waals surface area contributed by atoms with E-state index in [1.165, 1.54) is 11.6 Å². The van der Waals surface area contributed by atoms with Gasteiger partial charge in [0.1, 0.15) is 17.2 Å². The maximum absolute atomic E-state index is 13.6. The zero-order chi connectivity index (χ0) is 21.9. The lowest BCUT2D eigenvalue weighted by Crippen LogP contribution is -2.45. The second kappa shape index (κ2) is 8.96. The number of nitrogens with zero attached hydrogens (tertiary/aromatic N) is 3. The van der Waals surface area contributed by atoms with E-state index in [0.717, 1.165) is 67.1 Å². The Labute approximate surface area is 187 Å². The van der Waals surface area contributed by atoms with Gasteiger partial charge >= 0.3 is 0 Å². The van der Waals surface area contributed by atoms with E-state index in [-0.39, 0.29) is 5.82 Å². The van der Waals surface area contributed by atoms with Crippen molar-refractivity contribution in [3.63, 3.8) is 0 Å². The van der Waals surface area contributed by atoms with Crippen LogP contribution in [0, 0.1) is 17.1 Å². The highest BCUT2D eigenvalue weighted by atomic mass is 19.1. The fourth-order valence-electron chi connectivity index (χ4n) is 4.35. The summed E-state index contributed by atoms with van der Waals surface area (Å²) in [5.74, 6) is 0.721. The number of fused-ring (bicyclic) bond motifs is 1. The zero-order valence-corrected chi connectivity index (χ0v) is 17.8. The van der Waals surface area contributed by atoms with Gasteiger partial charge in [0, 0.05) is 38.1 Å². The van der Waals surface area contributed by atoms with Crippen LogP contribution in [0.1, 0.15) is 16.9 Å². The summed E-state index contributed by atoms with van der Waals surface area (Å²) in [5, 5.41) is 10.1. The fourth-order valence-corrected chi connectivity index (χ4v) is 4.35. The minimum absolute atomic E-state index is 0.229. The molecule has 0 spiro atoms. The molecule has 5 heteroatoms. The van der Waals surface area contributed by atoms with Crippen molar-refractivity contribution in [1.29, 1.82) is 5.26 Å². The predicted molar refractivity (Wildman–Crippen MR) is 123 cm³/mol. The van der Waals surface area contributed by atoms with Crippen molar-refractivity contribution in [3.05, 3.63) is 95.5 Å². The van der Waals surface area contributed by atoms with Gasteiger partial charge < -0.3 is 4.42 Å². The van der Waals surface area contributed by atoms with Crippen LogP contribution in [0.5, 0.6) is 0 Å². The summed E-state index contributed by atoms with van der Waals surface area (Å²) in [7, 11) is 0. The van der Waals surface area contributed by atoms with Crippen LogP contribution in [-0.4, -0.2) is 36.0 Å². The summed E-state index contributed by atoms with van der Waals surface area (Å²) < 4.78 is 19.6. The normalized spacial score (nSPS) is 15.1. The highest BCUT2D eigenvalue weighted by Crippen LogP contribution is 2.28. The summed E-state index contributed by atoms with van der Waals surface area (Å²) in [6.07, 6.45) is 0. The van der Waals surface area contributed by atoms with Gasteiger partial charge in [-0.3, -0.25) is 9.80 Å². The summed E-state index contributed by atoms with van der Waals surface area (Å²) in [6.45, 7) is 5.58. The molecule has 160 valence electrons. The summed E-state index contributed by atoms with van der Waals surface area (Å²) in [4.78, 5) is 4.84. The molecule has 0 bridgehead atoms. The van der Waals surface area contributed by atoms with Crippen molar-refractivity contribution in [3.8, 4) is 17.2 Å². The van der Waals surface area contributed by atoms with Crippen LogP contribution in [0.2, 0.25) is 0 Å². The number of hydrogen-bond donors (Lipinski definition) is 0. The topological polar surface area (TPSA) is 43.4 Å². The third kappa shape index (κ3) is 4.57. The number of benzene rings is 3. The number of rotatable bonds is 5. The first-order chi connectivity index (χ1) is 15.7. The van der Waals surface area contributed by atoms with E-state index in [9.17, 15) is 4.39 Å². The van der Waals surface area contributed by atoms with E-state index in [1.54, 1.807) is 12.1 Å². The van der Waals surface area contributed by atoms with Crippen LogP contribution in [-0.2, 0) is 13.1 Å². The first-order valence-corrected chi connectivity index (χ1v) is 10.9. The molecule has 0 aliphatic carbocycles. The monoisotopic (exact) mass is 425 g/mol. The highest BCUT2D eigenvalue weighted by Gasteiger charge is 2.18. The van der Waals surface area contributed by atoms with Crippen LogP contribution < -0.4 is 0 Å². The summed E-state index contributed by atoms with van der Waals surface area (Å²) in [5.41, 5.74) is 4.61. The lowest BCUT2D eigenvalue weighted by Gasteiger charge is -2.34. The van der Waals surface area contributed by atoms with E-state index in [0.29, 0.717) is 5.56 Å². The Morgan fingerprint density at radius 2 is 1.56 bits per heavy atom. The smallest absolute Gasteiger partial charge is 0.134 e. The largest absolute Gasteiger partial charge is 0.460 e. The first kappa shape index (κ1) is 20.4. The second-order valence-corrected chi connectivity index (χ2v) is 8.34. The van der Waals surface area contributed by atoms with Crippen molar-refractivity contribution in [2.75, 3.05) is 26.2 Å². The Bertz CT molecular complexity index is 1280. The van der Waals surface area contributed by atoms with Crippen molar-refractivity contribution in [1.82, 2.24) is 9.80 Å². The minimum Gasteiger partial charge on any atom is -0.460 e. The summed E-state index contributed by atoms with van der Waals surface area (Å²) >= 11 is 0. The standard InChI is InChI=1S/C27H24FN3O/c28-25-6-2-5-22(15-25)23-7-8-27-24(14-23)16-26(32-27)19-31-11-9-30(10-12-31)18-21-4-1-3-20(13-21)17-29/h1-8,13-16H,9-12,18-19H2. The molecule has 0 amide bonds. The molecule has 1 saturated heterocycles. The average Bonchev–Trinajstić information content (AvgIpc) is 3.22. The van der Waals surface area contributed by atoms with Gasteiger partial charge in [0.25, 0.3) is 0 Å². The fraction of sp³-hybridized carbons (Fsp3) is 0.222. The molecular weight excluding hydrogens is 401 g/mol. The van der Waals surface area contributed by atoms with E-state index < -0.39 is 0 Å². The third-order valence-corrected chi connectivity index (χ3v) is 6.03. The van der Waals surface area contributed by atoms with Crippen molar-refractivity contribution in [2.24, 2.45) is 0 Å². The van der Waals surface area contributed by atoms with Crippen LogP contribution >= 0.6 is 0 Å². The molecule has 0 N–H and O–H groups in total. The highest BCUT2D eigenvalue weighted by molar-refractivity contribution is 5.84.